The number of carbonyl (C=O) groups excluding carboxylic acids is 1. The molecule has 0 radical (unpaired) electrons. The van der Waals surface area contributed by atoms with E-state index in [1.54, 1.807) is 6.07 Å². The molecule has 0 bridgehead atoms. The van der Waals surface area contributed by atoms with E-state index in [0.29, 0.717) is 10.6 Å². The standard InChI is InChI=1S/C18H19ClO/c1-4-13-7-8-14(5-2)17(10-13)18(20)16-11-15(19)9-6-12(16)3/h6-11H,4-5H2,1-3H3. The molecule has 2 rings (SSSR count). The molecule has 20 heavy (non-hydrogen) atoms. The monoisotopic (exact) mass is 286 g/mol. The number of ketones is 1. The summed E-state index contributed by atoms with van der Waals surface area (Å²) in [7, 11) is 0. The molecule has 0 aromatic heterocycles. The summed E-state index contributed by atoms with van der Waals surface area (Å²) in [5.74, 6) is 0.0668. The van der Waals surface area contributed by atoms with Crippen LogP contribution in [0.2, 0.25) is 5.02 Å². The van der Waals surface area contributed by atoms with E-state index in [4.69, 9.17) is 11.6 Å². The number of aryl methyl sites for hydroxylation is 3. The molecule has 0 aliphatic rings. The molecule has 0 atom stereocenters. The number of rotatable bonds is 4. The van der Waals surface area contributed by atoms with E-state index >= 15 is 0 Å². The number of hydrogen-bond donors (Lipinski definition) is 0. The number of benzene rings is 2. The predicted octanol–water partition coefficient (Wildman–Crippen LogP) is 5.00. The normalized spacial score (nSPS) is 10.6. The van der Waals surface area contributed by atoms with Gasteiger partial charge in [-0.3, -0.25) is 4.79 Å². The maximum Gasteiger partial charge on any atom is 0.193 e. The maximum absolute atomic E-state index is 12.8. The quantitative estimate of drug-likeness (QED) is 0.723. The molecule has 104 valence electrons. The first-order chi connectivity index (χ1) is 9.56. The van der Waals surface area contributed by atoms with Gasteiger partial charge in [-0.25, -0.2) is 0 Å². The molecule has 0 spiro atoms. The lowest BCUT2D eigenvalue weighted by molar-refractivity contribution is 0.103. The molecule has 0 N–H and O–H groups in total. The zero-order chi connectivity index (χ0) is 14.7. The summed E-state index contributed by atoms with van der Waals surface area (Å²) in [5, 5.41) is 0.601. The SMILES string of the molecule is CCc1ccc(CC)c(C(=O)c2cc(Cl)ccc2C)c1. The summed E-state index contributed by atoms with van der Waals surface area (Å²) in [5.41, 5.74) is 4.73. The lowest BCUT2D eigenvalue weighted by Crippen LogP contribution is -2.08. The van der Waals surface area contributed by atoms with E-state index in [9.17, 15) is 4.79 Å². The molecule has 0 amide bonds. The van der Waals surface area contributed by atoms with Gasteiger partial charge in [0.05, 0.1) is 0 Å². The van der Waals surface area contributed by atoms with Gasteiger partial charge in [0.2, 0.25) is 0 Å². The first-order valence-electron chi connectivity index (χ1n) is 6.99. The maximum atomic E-state index is 12.8. The van der Waals surface area contributed by atoms with Gasteiger partial charge in [-0.1, -0.05) is 43.6 Å². The third kappa shape index (κ3) is 2.94. The van der Waals surface area contributed by atoms with Crippen LogP contribution in [0.3, 0.4) is 0 Å². The summed E-state index contributed by atoms with van der Waals surface area (Å²) in [6, 6.07) is 11.6. The second-order valence-corrected chi connectivity index (χ2v) is 5.42. The van der Waals surface area contributed by atoms with Crippen LogP contribution in [0.4, 0.5) is 0 Å². The van der Waals surface area contributed by atoms with Gasteiger partial charge in [0.15, 0.2) is 5.78 Å². The number of carbonyl (C=O) groups is 1. The Hall–Kier alpha value is -1.60. The van der Waals surface area contributed by atoms with E-state index in [1.165, 1.54) is 5.56 Å². The lowest BCUT2D eigenvalue weighted by atomic mass is 9.92. The summed E-state index contributed by atoms with van der Waals surface area (Å²) in [6.45, 7) is 6.11. The fraction of sp³-hybridized carbons (Fsp3) is 0.278. The van der Waals surface area contributed by atoms with Gasteiger partial charge < -0.3 is 0 Å². The molecule has 0 saturated carbocycles. The highest BCUT2D eigenvalue weighted by atomic mass is 35.5. The highest BCUT2D eigenvalue weighted by Gasteiger charge is 2.16. The second kappa shape index (κ2) is 6.23. The first kappa shape index (κ1) is 14.8. The smallest absolute Gasteiger partial charge is 0.193 e. The van der Waals surface area contributed by atoms with Crippen LogP contribution in [0.1, 0.15) is 46.5 Å². The zero-order valence-electron chi connectivity index (χ0n) is 12.2. The van der Waals surface area contributed by atoms with Crippen molar-refractivity contribution in [2.45, 2.75) is 33.6 Å². The Labute approximate surface area is 125 Å². The summed E-state index contributed by atoms with van der Waals surface area (Å²) >= 11 is 6.03. The largest absolute Gasteiger partial charge is 0.289 e. The Morgan fingerprint density at radius 2 is 1.75 bits per heavy atom. The van der Waals surface area contributed by atoms with E-state index < -0.39 is 0 Å². The van der Waals surface area contributed by atoms with Gasteiger partial charge in [0.25, 0.3) is 0 Å². The molecule has 0 aliphatic heterocycles. The summed E-state index contributed by atoms with van der Waals surface area (Å²) in [4.78, 5) is 12.8. The van der Waals surface area contributed by atoms with Crippen molar-refractivity contribution < 1.29 is 4.79 Å². The minimum Gasteiger partial charge on any atom is -0.289 e. The molecule has 2 aromatic carbocycles. The number of hydrogen-bond acceptors (Lipinski definition) is 1. The van der Waals surface area contributed by atoms with Crippen molar-refractivity contribution in [2.24, 2.45) is 0 Å². The topological polar surface area (TPSA) is 17.1 Å². The van der Waals surface area contributed by atoms with Crippen molar-refractivity contribution in [3.63, 3.8) is 0 Å². The molecule has 2 aromatic rings. The van der Waals surface area contributed by atoms with Crippen LogP contribution in [-0.4, -0.2) is 5.78 Å². The Kier molecular flexibility index (Phi) is 4.61. The Bertz CT molecular complexity index is 644. The molecule has 0 heterocycles. The third-order valence-corrected chi connectivity index (χ3v) is 3.89. The van der Waals surface area contributed by atoms with Crippen molar-refractivity contribution in [3.05, 3.63) is 69.2 Å². The van der Waals surface area contributed by atoms with Gasteiger partial charge in [0, 0.05) is 16.1 Å². The molecule has 0 aliphatic carbocycles. The number of halogens is 1. The summed E-state index contributed by atoms with van der Waals surface area (Å²) < 4.78 is 0. The van der Waals surface area contributed by atoms with Crippen LogP contribution < -0.4 is 0 Å². The average molecular weight is 287 g/mol. The van der Waals surface area contributed by atoms with Gasteiger partial charge in [-0.15, -0.1) is 0 Å². The van der Waals surface area contributed by atoms with Crippen molar-refractivity contribution >= 4 is 17.4 Å². The average Bonchev–Trinajstić information content (AvgIpc) is 2.48. The molecular weight excluding hydrogens is 268 g/mol. The molecule has 0 fully saturated rings. The van der Waals surface area contributed by atoms with Crippen LogP contribution >= 0.6 is 11.6 Å². The van der Waals surface area contributed by atoms with Crippen molar-refractivity contribution in [1.82, 2.24) is 0 Å². The summed E-state index contributed by atoms with van der Waals surface area (Å²) in [6.07, 6.45) is 1.78. The van der Waals surface area contributed by atoms with Gasteiger partial charge in [-0.2, -0.15) is 0 Å². The minimum absolute atomic E-state index is 0.0668. The Balaban J connectivity index is 2.54. The minimum atomic E-state index is 0.0668. The van der Waals surface area contributed by atoms with Crippen LogP contribution in [0.15, 0.2) is 36.4 Å². The fourth-order valence-corrected chi connectivity index (χ4v) is 2.52. The van der Waals surface area contributed by atoms with Crippen molar-refractivity contribution in [2.75, 3.05) is 0 Å². The van der Waals surface area contributed by atoms with Crippen LogP contribution in [0.5, 0.6) is 0 Å². The predicted molar refractivity (Wildman–Crippen MR) is 84.8 cm³/mol. The van der Waals surface area contributed by atoms with Crippen molar-refractivity contribution in [1.29, 1.82) is 0 Å². The first-order valence-corrected chi connectivity index (χ1v) is 7.37. The Morgan fingerprint density at radius 1 is 1.00 bits per heavy atom. The van der Waals surface area contributed by atoms with Gasteiger partial charge >= 0.3 is 0 Å². The van der Waals surface area contributed by atoms with E-state index in [0.717, 1.165) is 29.5 Å². The van der Waals surface area contributed by atoms with Gasteiger partial charge in [-0.05, 0) is 54.7 Å². The van der Waals surface area contributed by atoms with Gasteiger partial charge in [0.1, 0.15) is 0 Å². The lowest BCUT2D eigenvalue weighted by Gasteiger charge is -2.11. The van der Waals surface area contributed by atoms with E-state index in [-0.39, 0.29) is 5.78 Å². The van der Waals surface area contributed by atoms with Crippen molar-refractivity contribution in [3.8, 4) is 0 Å². The zero-order valence-corrected chi connectivity index (χ0v) is 12.9. The van der Waals surface area contributed by atoms with Crippen LogP contribution in [-0.2, 0) is 12.8 Å². The molecule has 0 saturated heterocycles. The van der Waals surface area contributed by atoms with E-state index in [2.05, 4.69) is 26.0 Å². The van der Waals surface area contributed by atoms with Crippen LogP contribution in [0, 0.1) is 6.92 Å². The fourth-order valence-electron chi connectivity index (χ4n) is 2.35. The Morgan fingerprint density at radius 3 is 2.40 bits per heavy atom. The molecule has 0 unspecified atom stereocenters. The molecule has 2 heteroatoms. The van der Waals surface area contributed by atoms with Crippen LogP contribution in [0.25, 0.3) is 0 Å². The van der Waals surface area contributed by atoms with E-state index in [1.807, 2.05) is 25.1 Å². The molecule has 1 nitrogen and oxygen atoms in total. The highest BCUT2D eigenvalue weighted by Crippen LogP contribution is 2.22. The second-order valence-electron chi connectivity index (χ2n) is 4.99. The molecular formula is C18H19ClO. The third-order valence-electron chi connectivity index (χ3n) is 3.65. The highest BCUT2D eigenvalue weighted by molar-refractivity contribution is 6.31.